The van der Waals surface area contributed by atoms with Crippen LogP contribution in [-0.4, -0.2) is 26.0 Å². The van der Waals surface area contributed by atoms with Crippen LogP contribution in [-0.2, 0) is 0 Å². The monoisotopic (exact) mass is 219 g/mol. The van der Waals surface area contributed by atoms with Crippen LogP contribution < -0.4 is 9.64 Å². The van der Waals surface area contributed by atoms with Crippen molar-refractivity contribution in [3.8, 4) is 5.75 Å². The summed E-state index contributed by atoms with van der Waals surface area (Å²) in [5.41, 5.74) is 1.83. The van der Waals surface area contributed by atoms with Crippen LogP contribution in [0.5, 0.6) is 5.75 Å². The molecule has 16 heavy (non-hydrogen) atoms. The Kier molecular flexibility index (Phi) is 3.13. The Bertz CT molecular complexity index is 401. The van der Waals surface area contributed by atoms with E-state index >= 15 is 0 Å². The summed E-state index contributed by atoms with van der Waals surface area (Å²) in [7, 11) is 2.04. The summed E-state index contributed by atoms with van der Waals surface area (Å²) >= 11 is 0. The highest BCUT2D eigenvalue weighted by molar-refractivity contribution is 5.97. The van der Waals surface area contributed by atoms with Gasteiger partial charge in [0.1, 0.15) is 12.4 Å². The van der Waals surface area contributed by atoms with Gasteiger partial charge in [0, 0.05) is 19.0 Å². The molecule has 0 saturated carbocycles. The van der Waals surface area contributed by atoms with E-state index in [0.717, 1.165) is 30.0 Å². The van der Waals surface area contributed by atoms with Crippen LogP contribution in [0.25, 0.3) is 0 Å². The van der Waals surface area contributed by atoms with E-state index in [4.69, 9.17) is 4.74 Å². The van der Waals surface area contributed by atoms with Crippen LogP contribution in [0.4, 0.5) is 5.69 Å². The Morgan fingerprint density at radius 3 is 3.06 bits per heavy atom. The zero-order valence-electron chi connectivity index (χ0n) is 9.82. The zero-order valence-corrected chi connectivity index (χ0v) is 9.82. The van der Waals surface area contributed by atoms with Gasteiger partial charge >= 0.3 is 0 Å². The molecule has 0 bridgehead atoms. The molecule has 0 radical (unpaired) electrons. The summed E-state index contributed by atoms with van der Waals surface area (Å²) in [5.74, 6) is 1.03. The van der Waals surface area contributed by atoms with Crippen LogP contribution in [0.15, 0.2) is 18.2 Å². The molecule has 3 nitrogen and oxygen atoms in total. The van der Waals surface area contributed by atoms with Gasteiger partial charge < -0.3 is 9.64 Å². The van der Waals surface area contributed by atoms with E-state index in [-0.39, 0.29) is 5.78 Å². The van der Waals surface area contributed by atoms with Gasteiger partial charge in [0.25, 0.3) is 0 Å². The second kappa shape index (κ2) is 4.56. The van der Waals surface area contributed by atoms with E-state index in [1.54, 1.807) is 0 Å². The highest BCUT2D eigenvalue weighted by Crippen LogP contribution is 2.31. The Balaban J connectivity index is 2.28. The summed E-state index contributed by atoms with van der Waals surface area (Å²) in [6.45, 7) is 3.60. The van der Waals surface area contributed by atoms with Crippen molar-refractivity contribution < 1.29 is 9.53 Å². The summed E-state index contributed by atoms with van der Waals surface area (Å²) in [4.78, 5) is 13.9. The number of likely N-dealkylation sites (N-methyl/N-ethyl adjacent to an activating group) is 1. The minimum absolute atomic E-state index is 0.196. The molecule has 86 valence electrons. The summed E-state index contributed by atoms with van der Waals surface area (Å²) in [6, 6.07) is 5.72. The van der Waals surface area contributed by atoms with Crippen molar-refractivity contribution in [3.63, 3.8) is 0 Å². The van der Waals surface area contributed by atoms with Gasteiger partial charge in [-0.3, -0.25) is 4.79 Å². The van der Waals surface area contributed by atoms with Gasteiger partial charge in [-0.2, -0.15) is 0 Å². The maximum absolute atomic E-state index is 11.7. The first-order valence-corrected chi connectivity index (χ1v) is 5.73. The fraction of sp³-hybridized carbons (Fsp3) is 0.462. The lowest BCUT2D eigenvalue weighted by molar-refractivity contribution is 0.0981. The first-order valence-electron chi connectivity index (χ1n) is 5.73. The first kappa shape index (κ1) is 11.0. The Morgan fingerprint density at radius 1 is 1.50 bits per heavy atom. The van der Waals surface area contributed by atoms with Crippen LogP contribution >= 0.6 is 0 Å². The lowest BCUT2D eigenvalue weighted by Crippen LogP contribution is -2.28. The minimum atomic E-state index is 0.196. The highest BCUT2D eigenvalue weighted by Gasteiger charge is 2.16. The van der Waals surface area contributed by atoms with Crippen LogP contribution in [0, 0.1) is 0 Å². The topological polar surface area (TPSA) is 29.5 Å². The number of hydrogen-bond donors (Lipinski definition) is 0. The molecule has 1 aromatic carbocycles. The summed E-state index contributed by atoms with van der Waals surface area (Å²) in [6.07, 6.45) is 1.49. The molecule has 0 fully saturated rings. The van der Waals surface area contributed by atoms with Gasteiger partial charge in [-0.25, -0.2) is 0 Å². The van der Waals surface area contributed by atoms with Gasteiger partial charge in [-0.05, 0) is 24.6 Å². The number of rotatable bonds is 3. The Morgan fingerprint density at radius 2 is 2.31 bits per heavy atom. The third kappa shape index (κ3) is 2.03. The quantitative estimate of drug-likeness (QED) is 0.731. The third-order valence-corrected chi connectivity index (χ3v) is 2.85. The number of ketones is 1. The van der Waals surface area contributed by atoms with E-state index in [0.29, 0.717) is 13.0 Å². The summed E-state index contributed by atoms with van der Waals surface area (Å²) in [5, 5.41) is 0. The van der Waals surface area contributed by atoms with Crippen LogP contribution in [0.1, 0.15) is 30.1 Å². The molecule has 0 aliphatic carbocycles. The predicted octanol–water partition coefficient (Wildman–Crippen LogP) is 2.50. The fourth-order valence-electron chi connectivity index (χ4n) is 1.90. The standard InChI is InChI=1S/C13H17NO2/c1-3-4-12(15)10-5-6-11-13(9-10)16-8-7-14(11)2/h5-6,9H,3-4,7-8H2,1-2H3. The molecule has 0 saturated heterocycles. The van der Waals surface area contributed by atoms with E-state index in [1.807, 2.05) is 32.2 Å². The van der Waals surface area contributed by atoms with Crippen molar-refractivity contribution in [2.24, 2.45) is 0 Å². The zero-order chi connectivity index (χ0) is 11.5. The maximum atomic E-state index is 11.7. The fourth-order valence-corrected chi connectivity index (χ4v) is 1.90. The molecule has 1 aliphatic rings. The van der Waals surface area contributed by atoms with E-state index in [9.17, 15) is 4.79 Å². The lowest BCUT2D eigenvalue weighted by atomic mass is 10.1. The van der Waals surface area contributed by atoms with Crippen molar-refractivity contribution in [2.45, 2.75) is 19.8 Å². The molecular weight excluding hydrogens is 202 g/mol. The normalized spacial score (nSPS) is 14.2. The van der Waals surface area contributed by atoms with E-state index < -0.39 is 0 Å². The molecule has 1 aromatic rings. The van der Waals surface area contributed by atoms with Gasteiger partial charge in [0.15, 0.2) is 5.78 Å². The molecule has 0 spiro atoms. The number of anilines is 1. The second-order valence-electron chi connectivity index (χ2n) is 4.13. The number of hydrogen-bond acceptors (Lipinski definition) is 3. The van der Waals surface area contributed by atoms with Crippen molar-refractivity contribution in [1.82, 2.24) is 0 Å². The number of benzene rings is 1. The first-order chi connectivity index (χ1) is 7.72. The molecular formula is C13H17NO2. The predicted molar refractivity (Wildman–Crippen MR) is 64.4 cm³/mol. The summed E-state index contributed by atoms with van der Waals surface area (Å²) < 4.78 is 5.57. The van der Waals surface area contributed by atoms with E-state index in [2.05, 4.69) is 4.90 Å². The van der Waals surface area contributed by atoms with Crippen LogP contribution in [0.3, 0.4) is 0 Å². The van der Waals surface area contributed by atoms with Crippen molar-refractivity contribution >= 4 is 11.5 Å². The molecule has 0 N–H and O–H groups in total. The SMILES string of the molecule is CCCC(=O)c1ccc2c(c1)OCCN2C. The molecule has 3 heteroatoms. The smallest absolute Gasteiger partial charge is 0.163 e. The maximum Gasteiger partial charge on any atom is 0.163 e. The molecule has 1 heterocycles. The lowest BCUT2D eigenvalue weighted by Gasteiger charge is -2.27. The third-order valence-electron chi connectivity index (χ3n) is 2.85. The number of nitrogens with zero attached hydrogens (tertiary/aromatic N) is 1. The molecule has 0 amide bonds. The number of Topliss-reactive ketones (excluding diaryl/α,β-unsaturated/α-hetero) is 1. The van der Waals surface area contributed by atoms with Gasteiger partial charge in [0.05, 0.1) is 12.2 Å². The largest absolute Gasteiger partial charge is 0.490 e. The van der Waals surface area contributed by atoms with Crippen LogP contribution in [0.2, 0.25) is 0 Å². The highest BCUT2D eigenvalue weighted by atomic mass is 16.5. The van der Waals surface area contributed by atoms with Gasteiger partial charge in [0.2, 0.25) is 0 Å². The average Bonchev–Trinajstić information content (AvgIpc) is 2.29. The molecule has 0 unspecified atom stereocenters. The number of carbonyl (C=O) groups excluding carboxylic acids is 1. The number of carbonyl (C=O) groups is 1. The molecule has 0 atom stereocenters. The molecule has 2 rings (SSSR count). The van der Waals surface area contributed by atoms with Gasteiger partial charge in [-0.15, -0.1) is 0 Å². The van der Waals surface area contributed by atoms with Crippen molar-refractivity contribution in [3.05, 3.63) is 23.8 Å². The molecule has 0 aromatic heterocycles. The average molecular weight is 219 g/mol. The number of fused-ring (bicyclic) bond motifs is 1. The number of ether oxygens (including phenoxy) is 1. The minimum Gasteiger partial charge on any atom is -0.490 e. The second-order valence-corrected chi connectivity index (χ2v) is 4.13. The Hall–Kier alpha value is -1.51. The van der Waals surface area contributed by atoms with Crippen molar-refractivity contribution in [2.75, 3.05) is 25.1 Å². The van der Waals surface area contributed by atoms with E-state index in [1.165, 1.54) is 0 Å². The van der Waals surface area contributed by atoms with Crippen molar-refractivity contribution in [1.29, 1.82) is 0 Å². The Labute approximate surface area is 96.0 Å². The van der Waals surface area contributed by atoms with Gasteiger partial charge in [-0.1, -0.05) is 6.92 Å². The molecule has 1 aliphatic heterocycles.